The summed E-state index contributed by atoms with van der Waals surface area (Å²) < 4.78 is 10.4. The molecule has 0 aliphatic carbocycles. The van der Waals surface area contributed by atoms with Crippen LogP contribution in [0, 0.1) is 0 Å². The number of rotatable bonds is 9. The highest BCUT2D eigenvalue weighted by atomic mass is 16.5. The monoisotopic (exact) mass is 253 g/mol. The van der Waals surface area contributed by atoms with Crippen LogP contribution < -0.4 is 15.8 Å². The maximum Gasteiger partial charge on any atom is 0.217 e. The van der Waals surface area contributed by atoms with E-state index in [2.05, 4.69) is 10.3 Å². The molecule has 1 unspecified atom stereocenters. The number of nitrogens with zero attached hydrogens (tertiary/aromatic N) is 1. The van der Waals surface area contributed by atoms with E-state index >= 15 is 0 Å². The Labute approximate surface area is 109 Å². The zero-order valence-corrected chi connectivity index (χ0v) is 11.2. The Morgan fingerprint density at radius 2 is 2.28 bits per heavy atom. The van der Waals surface area contributed by atoms with Gasteiger partial charge in [-0.1, -0.05) is 6.07 Å². The lowest BCUT2D eigenvalue weighted by atomic mass is 10.1. The number of nitrogens with two attached hydrogens (primary N) is 1. The van der Waals surface area contributed by atoms with Crippen molar-refractivity contribution in [3.8, 4) is 5.88 Å². The van der Waals surface area contributed by atoms with Gasteiger partial charge in [0, 0.05) is 31.5 Å². The standard InChI is InChI=1S/C13H23N3O2/c1-17-10-12(6-3-7-14)16-9-11-5-4-8-15-13(11)18-2/h4-5,8,12,16H,3,6-7,9-10,14H2,1-2H3. The second kappa shape index (κ2) is 8.85. The van der Waals surface area contributed by atoms with E-state index in [1.54, 1.807) is 20.4 Å². The van der Waals surface area contributed by atoms with Crippen molar-refractivity contribution < 1.29 is 9.47 Å². The molecule has 0 amide bonds. The van der Waals surface area contributed by atoms with Crippen LogP contribution in [0.15, 0.2) is 18.3 Å². The number of pyridine rings is 1. The van der Waals surface area contributed by atoms with Crippen LogP contribution in [0.3, 0.4) is 0 Å². The van der Waals surface area contributed by atoms with Crippen LogP contribution >= 0.6 is 0 Å². The van der Waals surface area contributed by atoms with Gasteiger partial charge < -0.3 is 20.5 Å². The topological polar surface area (TPSA) is 69.4 Å². The van der Waals surface area contributed by atoms with Crippen LogP contribution in [0.25, 0.3) is 0 Å². The summed E-state index contributed by atoms with van der Waals surface area (Å²) in [7, 11) is 3.34. The molecule has 1 atom stereocenters. The molecule has 0 fully saturated rings. The third kappa shape index (κ3) is 5.00. The Kier molecular flexibility index (Phi) is 7.32. The third-order valence-electron chi connectivity index (χ3n) is 2.75. The maximum atomic E-state index is 5.53. The summed E-state index contributed by atoms with van der Waals surface area (Å²) in [6, 6.07) is 4.22. The number of nitrogens with one attached hydrogen (secondary N) is 1. The number of hydrogen-bond donors (Lipinski definition) is 2. The van der Waals surface area contributed by atoms with Crippen LogP contribution in [0.5, 0.6) is 5.88 Å². The van der Waals surface area contributed by atoms with E-state index < -0.39 is 0 Å². The quantitative estimate of drug-likeness (QED) is 0.685. The second-order valence-electron chi connectivity index (χ2n) is 4.14. The van der Waals surface area contributed by atoms with Gasteiger partial charge in [-0.2, -0.15) is 0 Å². The van der Waals surface area contributed by atoms with Crippen LogP contribution in [-0.2, 0) is 11.3 Å². The van der Waals surface area contributed by atoms with E-state index in [4.69, 9.17) is 15.2 Å². The van der Waals surface area contributed by atoms with Crippen molar-refractivity contribution in [2.24, 2.45) is 5.73 Å². The van der Waals surface area contributed by atoms with Gasteiger partial charge in [0.2, 0.25) is 5.88 Å². The molecule has 1 rings (SSSR count). The number of ether oxygens (including phenoxy) is 2. The average molecular weight is 253 g/mol. The van der Waals surface area contributed by atoms with Gasteiger partial charge >= 0.3 is 0 Å². The molecule has 0 aromatic carbocycles. The smallest absolute Gasteiger partial charge is 0.217 e. The summed E-state index contributed by atoms with van der Waals surface area (Å²) >= 11 is 0. The normalized spacial score (nSPS) is 12.4. The zero-order valence-electron chi connectivity index (χ0n) is 11.2. The van der Waals surface area contributed by atoms with Crippen LogP contribution in [0.4, 0.5) is 0 Å². The molecule has 0 spiro atoms. The van der Waals surface area contributed by atoms with Crippen LogP contribution in [0.1, 0.15) is 18.4 Å². The van der Waals surface area contributed by atoms with Gasteiger partial charge in [-0.3, -0.25) is 0 Å². The van der Waals surface area contributed by atoms with E-state index in [-0.39, 0.29) is 0 Å². The predicted octanol–water partition coefficient (Wildman–Crippen LogP) is 0.934. The molecule has 0 radical (unpaired) electrons. The van der Waals surface area contributed by atoms with Gasteiger partial charge in [0.25, 0.3) is 0 Å². The van der Waals surface area contributed by atoms with Crippen molar-refractivity contribution in [2.75, 3.05) is 27.4 Å². The predicted molar refractivity (Wildman–Crippen MR) is 71.6 cm³/mol. The summed E-state index contributed by atoms with van der Waals surface area (Å²) in [6.07, 6.45) is 3.72. The molecule has 5 nitrogen and oxygen atoms in total. The molecule has 0 aliphatic rings. The Bertz CT molecular complexity index is 334. The first kappa shape index (κ1) is 14.9. The van der Waals surface area contributed by atoms with E-state index in [0.717, 1.165) is 24.9 Å². The van der Waals surface area contributed by atoms with Crippen molar-refractivity contribution in [1.82, 2.24) is 10.3 Å². The summed E-state index contributed by atoms with van der Waals surface area (Å²) in [5, 5.41) is 3.45. The van der Waals surface area contributed by atoms with E-state index in [1.165, 1.54) is 0 Å². The molecule has 5 heteroatoms. The molecule has 1 heterocycles. The zero-order chi connectivity index (χ0) is 13.2. The fourth-order valence-corrected chi connectivity index (χ4v) is 1.81. The largest absolute Gasteiger partial charge is 0.481 e. The molecule has 18 heavy (non-hydrogen) atoms. The van der Waals surface area contributed by atoms with E-state index in [1.807, 2.05) is 12.1 Å². The lowest BCUT2D eigenvalue weighted by Gasteiger charge is -2.18. The molecule has 0 bridgehead atoms. The lowest BCUT2D eigenvalue weighted by Crippen LogP contribution is -2.33. The van der Waals surface area contributed by atoms with Crippen LogP contribution in [-0.4, -0.2) is 38.4 Å². The van der Waals surface area contributed by atoms with Gasteiger partial charge in [0.05, 0.1) is 13.7 Å². The van der Waals surface area contributed by atoms with Crippen molar-refractivity contribution in [1.29, 1.82) is 0 Å². The fraction of sp³-hybridized carbons (Fsp3) is 0.615. The van der Waals surface area contributed by atoms with E-state index in [9.17, 15) is 0 Å². The lowest BCUT2D eigenvalue weighted by molar-refractivity contribution is 0.161. The molecule has 0 saturated heterocycles. The van der Waals surface area contributed by atoms with E-state index in [0.29, 0.717) is 25.1 Å². The van der Waals surface area contributed by atoms with Gasteiger partial charge in [0.1, 0.15) is 0 Å². The minimum absolute atomic E-state index is 0.309. The second-order valence-corrected chi connectivity index (χ2v) is 4.14. The number of aromatic nitrogens is 1. The number of hydrogen-bond acceptors (Lipinski definition) is 5. The molecule has 0 saturated carbocycles. The molecule has 0 aliphatic heterocycles. The fourth-order valence-electron chi connectivity index (χ4n) is 1.81. The van der Waals surface area contributed by atoms with Crippen molar-refractivity contribution in [3.63, 3.8) is 0 Å². The highest BCUT2D eigenvalue weighted by Crippen LogP contribution is 2.13. The molecule has 3 N–H and O–H groups in total. The first-order chi connectivity index (χ1) is 8.81. The summed E-state index contributed by atoms with van der Waals surface area (Å²) in [4.78, 5) is 4.17. The minimum atomic E-state index is 0.309. The summed E-state index contributed by atoms with van der Waals surface area (Å²) in [5.41, 5.74) is 6.58. The highest BCUT2D eigenvalue weighted by molar-refractivity contribution is 5.25. The Morgan fingerprint density at radius 1 is 1.44 bits per heavy atom. The van der Waals surface area contributed by atoms with Crippen LogP contribution in [0.2, 0.25) is 0 Å². The molecular weight excluding hydrogens is 230 g/mol. The molecular formula is C13H23N3O2. The summed E-state index contributed by atoms with van der Waals surface area (Å²) in [5.74, 6) is 0.667. The minimum Gasteiger partial charge on any atom is -0.481 e. The molecule has 1 aromatic heterocycles. The van der Waals surface area contributed by atoms with Gasteiger partial charge in [-0.05, 0) is 25.5 Å². The van der Waals surface area contributed by atoms with Gasteiger partial charge in [-0.15, -0.1) is 0 Å². The first-order valence-corrected chi connectivity index (χ1v) is 6.22. The molecule has 1 aromatic rings. The Morgan fingerprint density at radius 3 is 2.94 bits per heavy atom. The SMILES string of the molecule is COCC(CCCN)NCc1cccnc1OC. The Balaban J connectivity index is 2.49. The summed E-state index contributed by atoms with van der Waals surface area (Å²) in [6.45, 7) is 2.11. The van der Waals surface area contributed by atoms with Crippen molar-refractivity contribution in [3.05, 3.63) is 23.9 Å². The van der Waals surface area contributed by atoms with Gasteiger partial charge in [-0.25, -0.2) is 4.98 Å². The average Bonchev–Trinajstić information content (AvgIpc) is 2.42. The van der Waals surface area contributed by atoms with Gasteiger partial charge in [0.15, 0.2) is 0 Å². The first-order valence-electron chi connectivity index (χ1n) is 6.22. The van der Waals surface area contributed by atoms with Crippen molar-refractivity contribution in [2.45, 2.75) is 25.4 Å². The highest BCUT2D eigenvalue weighted by Gasteiger charge is 2.09. The molecule has 102 valence electrons. The maximum absolute atomic E-state index is 5.53. The van der Waals surface area contributed by atoms with Crippen molar-refractivity contribution >= 4 is 0 Å². The number of methoxy groups -OCH3 is 2. The third-order valence-corrected chi connectivity index (χ3v) is 2.75. The Hall–Kier alpha value is -1.17.